The summed E-state index contributed by atoms with van der Waals surface area (Å²) in [5, 5.41) is 14.5. The summed E-state index contributed by atoms with van der Waals surface area (Å²) in [5.41, 5.74) is 8.46. The number of carbonyl (C=O) groups excluding carboxylic acids is 1. The standard InChI is InChI=1S/C27H32N6O4/c1-33(12-4-10-28)13-5-11-29-24-23-20-9-8-19(27(36)37-2)16-21(20)30-25(23)32-22(31-24)15-17-6-3-7-18(14-17)26(34)35/h3,6-9,14,16H,4-5,10-13,15,28H2,1-2H3,(H,34,35)(H2,29,30,31,32). The van der Waals surface area contributed by atoms with Gasteiger partial charge in [-0.25, -0.2) is 19.6 Å². The highest BCUT2D eigenvalue weighted by Gasteiger charge is 2.16. The molecule has 0 spiro atoms. The van der Waals surface area contributed by atoms with Crippen molar-refractivity contribution in [2.45, 2.75) is 19.3 Å². The average Bonchev–Trinajstić information content (AvgIpc) is 3.27. The maximum Gasteiger partial charge on any atom is 0.337 e. The molecule has 0 amide bonds. The molecule has 0 saturated heterocycles. The van der Waals surface area contributed by atoms with Gasteiger partial charge >= 0.3 is 11.9 Å². The van der Waals surface area contributed by atoms with E-state index in [-0.39, 0.29) is 5.56 Å². The number of anilines is 1. The summed E-state index contributed by atoms with van der Waals surface area (Å²) in [6.07, 6.45) is 2.25. The molecule has 0 fully saturated rings. The van der Waals surface area contributed by atoms with Crippen molar-refractivity contribution in [1.29, 1.82) is 0 Å². The van der Waals surface area contributed by atoms with Crippen LogP contribution in [0.3, 0.4) is 0 Å². The number of hydrogen-bond acceptors (Lipinski definition) is 8. The summed E-state index contributed by atoms with van der Waals surface area (Å²) < 4.78 is 4.86. The van der Waals surface area contributed by atoms with Gasteiger partial charge in [0.2, 0.25) is 0 Å². The number of nitrogens with zero attached hydrogens (tertiary/aromatic N) is 3. The van der Waals surface area contributed by atoms with Crippen molar-refractivity contribution in [2.24, 2.45) is 5.73 Å². The Morgan fingerprint density at radius 3 is 2.68 bits per heavy atom. The summed E-state index contributed by atoms with van der Waals surface area (Å²) in [4.78, 5) is 38.6. The number of methoxy groups -OCH3 is 1. The fourth-order valence-corrected chi connectivity index (χ4v) is 4.32. The molecule has 0 unspecified atom stereocenters. The number of esters is 1. The Balaban J connectivity index is 1.66. The van der Waals surface area contributed by atoms with E-state index >= 15 is 0 Å². The molecule has 0 bridgehead atoms. The molecule has 5 N–H and O–H groups in total. The number of aromatic nitrogens is 3. The number of aromatic amines is 1. The topological polar surface area (TPSA) is 146 Å². The fraction of sp³-hybridized carbons (Fsp3) is 0.333. The predicted octanol–water partition coefficient (Wildman–Crippen LogP) is 3.27. The van der Waals surface area contributed by atoms with Gasteiger partial charge in [-0.15, -0.1) is 0 Å². The molecule has 4 aromatic rings. The average molecular weight is 505 g/mol. The number of ether oxygens (including phenoxy) is 1. The van der Waals surface area contributed by atoms with Crippen LogP contribution in [0.4, 0.5) is 5.82 Å². The van der Waals surface area contributed by atoms with Crippen molar-refractivity contribution in [3.63, 3.8) is 0 Å². The molecule has 0 aliphatic carbocycles. The van der Waals surface area contributed by atoms with Gasteiger partial charge in [0.25, 0.3) is 0 Å². The van der Waals surface area contributed by atoms with Gasteiger partial charge in [0, 0.05) is 23.9 Å². The van der Waals surface area contributed by atoms with E-state index in [4.69, 9.17) is 20.4 Å². The number of carboxylic acids is 1. The first-order valence-corrected chi connectivity index (χ1v) is 12.2. The molecule has 2 aromatic carbocycles. The van der Waals surface area contributed by atoms with Gasteiger partial charge in [0.05, 0.1) is 23.6 Å². The lowest BCUT2D eigenvalue weighted by Crippen LogP contribution is -2.24. The quantitative estimate of drug-likeness (QED) is 0.169. The van der Waals surface area contributed by atoms with Crippen LogP contribution in [-0.2, 0) is 11.2 Å². The normalized spacial score (nSPS) is 11.4. The SMILES string of the molecule is COC(=O)c1ccc2c(c1)[nH]c1nc(Cc3cccc(C(=O)O)c3)nc(NCCCN(C)CCCN)c12. The Labute approximate surface area is 214 Å². The Kier molecular flexibility index (Phi) is 8.32. The molecule has 0 aliphatic heterocycles. The first-order chi connectivity index (χ1) is 17.9. The lowest BCUT2D eigenvalue weighted by molar-refractivity contribution is 0.0600. The van der Waals surface area contributed by atoms with Crippen molar-refractivity contribution < 1.29 is 19.4 Å². The number of carbonyl (C=O) groups is 2. The third-order valence-corrected chi connectivity index (χ3v) is 6.21. The summed E-state index contributed by atoms with van der Waals surface area (Å²) >= 11 is 0. The molecule has 37 heavy (non-hydrogen) atoms. The molecule has 194 valence electrons. The molecule has 10 nitrogen and oxygen atoms in total. The van der Waals surface area contributed by atoms with E-state index in [1.54, 1.807) is 30.3 Å². The zero-order chi connectivity index (χ0) is 26.4. The van der Waals surface area contributed by atoms with Crippen LogP contribution in [0.15, 0.2) is 42.5 Å². The minimum Gasteiger partial charge on any atom is -0.478 e. The first-order valence-electron chi connectivity index (χ1n) is 12.2. The maximum atomic E-state index is 12.0. The number of nitrogens with one attached hydrogen (secondary N) is 2. The number of rotatable bonds is 12. The Hall–Kier alpha value is -4.02. The van der Waals surface area contributed by atoms with Gasteiger partial charge in [-0.05, 0) is 69.4 Å². The summed E-state index contributed by atoms with van der Waals surface area (Å²) in [7, 11) is 3.44. The molecular weight excluding hydrogens is 472 g/mol. The zero-order valence-electron chi connectivity index (χ0n) is 21.1. The van der Waals surface area contributed by atoms with E-state index in [0.29, 0.717) is 42.4 Å². The zero-order valence-corrected chi connectivity index (χ0v) is 21.1. The van der Waals surface area contributed by atoms with E-state index in [0.717, 1.165) is 47.8 Å². The number of fused-ring (bicyclic) bond motifs is 3. The van der Waals surface area contributed by atoms with Crippen LogP contribution in [0.2, 0.25) is 0 Å². The summed E-state index contributed by atoms with van der Waals surface area (Å²) in [5.74, 6) is -0.148. The minimum atomic E-state index is -0.978. The second-order valence-corrected chi connectivity index (χ2v) is 9.00. The van der Waals surface area contributed by atoms with Crippen molar-refractivity contribution in [2.75, 3.05) is 45.7 Å². The third kappa shape index (κ3) is 6.22. The van der Waals surface area contributed by atoms with Gasteiger partial charge in [0.1, 0.15) is 17.3 Å². The van der Waals surface area contributed by atoms with Gasteiger partial charge < -0.3 is 30.8 Å². The van der Waals surface area contributed by atoms with Crippen LogP contribution < -0.4 is 11.1 Å². The van der Waals surface area contributed by atoms with Crippen molar-refractivity contribution in [1.82, 2.24) is 19.9 Å². The molecule has 0 saturated carbocycles. The van der Waals surface area contributed by atoms with Crippen LogP contribution in [0.5, 0.6) is 0 Å². The molecule has 2 aromatic heterocycles. The van der Waals surface area contributed by atoms with Gasteiger partial charge in [-0.3, -0.25) is 0 Å². The number of benzene rings is 2. The highest BCUT2D eigenvalue weighted by atomic mass is 16.5. The molecule has 10 heteroatoms. The second-order valence-electron chi connectivity index (χ2n) is 9.00. The van der Waals surface area contributed by atoms with Crippen LogP contribution in [0, 0.1) is 0 Å². The molecule has 0 atom stereocenters. The van der Waals surface area contributed by atoms with E-state index in [1.807, 2.05) is 12.1 Å². The second kappa shape index (κ2) is 11.8. The number of H-pyrrole nitrogens is 1. The van der Waals surface area contributed by atoms with E-state index in [2.05, 4.69) is 22.2 Å². The largest absolute Gasteiger partial charge is 0.478 e. The van der Waals surface area contributed by atoms with E-state index in [1.165, 1.54) is 7.11 Å². The molecular formula is C27H32N6O4. The minimum absolute atomic E-state index is 0.219. The molecule has 4 rings (SSSR count). The monoisotopic (exact) mass is 504 g/mol. The Bertz CT molecular complexity index is 1420. The number of carboxylic acid groups (broad SMARTS) is 1. The maximum absolute atomic E-state index is 12.0. The smallest absolute Gasteiger partial charge is 0.337 e. The van der Waals surface area contributed by atoms with Crippen molar-refractivity contribution in [3.8, 4) is 0 Å². The first kappa shape index (κ1) is 26.1. The van der Waals surface area contributed by atoms with Crippen LogP contribution in [0.1, 0.15) is 44.9 Å². The van der Waals surface area contributed by atoms with Crippen LogP contribution in [-0.4, -0.2) is 77.2 Å². The molecule has 0 radical (unpaired) electrons. The van der Waals surface area contributed by atoms with Gasteiger partial charge in [-0.1, -0.05) is 18.2 Å². The van der Waals surface area contributed by atoms with E-state index < -0.39 is 11.9 Å². The summed E-state index contributed by atoms with van der Waals surface area (Å²) in [6, 6.07) is 12.1. The fourth-order valence-electron chi connectivity index (χ4n) is 4.32. The molecule has 0 aliphatic rings. The lowest BCUT2D eigenvalue weighted by Gasteiger charge is -2.16. The van der Waals surface area contributed by atoms with Gasteiger partial charge in [0.15, 0.2) is 0 Å². The van der Waals surface area contributed by atoms with Crippen molar-refractivity contribution in [3.05, 3.63) is 65.0 Å². The highest BCUT2D eigenvalue weighted by Crippen LogP contribution is 2.31. The molecule has 2 heterocycles. The highest BCUT2D eigenvalue weighted by molar-refractivity contribution is 6.12. The van der Waals surface area contributed by atoms with Crippen LogP contribution in [0.25, 0.3) is 21.9 Å². The Morgan fingerprint density at radius 2 is 1.92 bits per heavy atom. The number of aromatic carboxylic acids is 1. The van der Waals surface area contributed by atoms with Gasteiger partial charge in [-0.2, -0.15) is 0 Å². The Morgan fingerprint density at radius 1 is 1.11 bits per heavy atom. The predicted molar refractivity (Wildman–Crippen MR) is 143 cm³/mol. The lowest BCUT2D eigenvalue weighted by atomic mass is 10.1. The summed E-state index contributed by atoms with van der Waals surface area (Å²) in [6.45, 7) is 3.27. The third-order valence-electron chi connectivity index (χ3n) is 6.21. The van der Waals surface area contributed by atoms with Crippen molar-refractivity contribution >= 4 is 39.7 Å². The number of nitrogens with two attached hydrogens (primary N) is 1. The number of hydrogen-bond donors (Lipinski definition) is 4. The van der Waals surface area contributed by atoms with E-state index in [9.17, 15) is 14.7 Å². The van der Waals surface area contributed by atoms with Crippen LogP contribution >= 0.6 is 0 Å².